The molecule has 0 bridgehead atoms. The van der Waals surface area contributed by atoms with Gasteiger partial charge >= 0.3 is 6.03 Å². The summed E-state index contributed by atoms with van der Waals surface area (Å²) in [6.45, 7) is 2.59. The fourth-order valence-electron chi connectivity index (χ4n) is 3.32. The normalized spacial score (nSPS) is 14.8. The van der Waals surface area contributed by atoms with E-state index < -0.39 is 17.8 Å². The molecule has 1 N–H and O–H groups in total. The van der Waals surface area contributed by atoms with Crippen LogP contribution in [0.3, 0.4) is 0 Å². The minimum Gasteiger partial charge on any atom is -0.490 e. The fraction of sp³-hybridized carbons (Fsp3) is 0.115. The van der Waals surface area contributed by atoms with Crippen LogP contribution in [0.1, 0.15) is 11.1 Å². The largest absolute Gasteiger partial charge is 0.490 e. The van der Waals surface area contributed by atoms with Crippen molar-refractivity contribution in [3.05, 3.63) is 94.5 Å². The predicted octanol–water partition coefficient (Wildman–Crippen LogP) is 4.77. The van der Waals surface area contributed by atoms with E-state index in [0.29, 0.717) is 41.0 Å². The Morgan fingerprint density at radius 2 is 1.53 bits per heavy atom. The third-order valence-electron chi connectivity index (χ3n) is 5.06. The van der Waals surface area contributed by atoms with E-state index in [9.17, 15) is 14.4 Å². The van der Waals surface area contributed by atoms with Crippen LogP contribution in [0.25, 0.3) is 6.08 Å². The highest BCUT2D eigenvalue weighted by Crippen LogP contribution is 2.23. The monoisotopic (exact) mass is 476 g/mol. The lowest BCUT2D eigenvalue weighted by Gasteiger charge is -2.26. The number of imide groups is 2. The molecule has 0 unspecified atom stereocenters. The first kappa shape index (κ1) is 23.1. The number of anilines is 1. The average molecular weight is 477 g/mol. The minimum absolute atomic E-state index is 0.135. The standard InChI is InChI=1S/C26H21ClN2O5/c1-17-15-21(11-12-23(17)27)34-14-13-33-20-9-7-18(8-10-20)16-22-24(30)28-26(32)29(25(22)31)19-5-3-2-4-6-19/h2-12,15-16H,13-14H2,1H3,(H,28,30,32). The molecule has 0 aliphatic carbocycles. The van der Waals surface area contributed by atoms with Gasteiger partial charge in [0.1, 0.15) is 30.3 Å². The van der Waals surface area contributed by atoms with Crippen molar-refractivity contribution >= 4 is 41.2 Å². The SMILES string of the molecule is Cc1cc(OCCOc2ccc(C=C3C(=O)NC(=O)N(c4ccccc4)C3=O)cc2)ccc1Cl. The second kappa shape index (κ2) is 10.2. The number of rotatable bonds is 7. The number of nitrogens with zero attached hydrogens (tertiary/aromatic N) is 1. The van der Waals surface area contributed by atoms with E-state index in [1.54, 1.807) is 66.7 Å². The molecule has 1 aliphatic heterocycles. The van der Waals surface area contributed by atoms with Crippen LogP contribution in [0.5, 0.6) is 11.5 Å². The lowest BCUT2D eigenvalue weighted by Crippen LogP contribution is -2.54. The van der Waals surface area contributed by atoms with Crippen LogP contribution >= 0.6 is 11.6 Å². The van der Waals surface area contributed by atoms with E-state index in [1.165, 1.54) is 6.08 Å². The molecular formula is C26H21ClN2O5. The summed E-state index contributed by atoms with van der Waals surface area (Å²) in [5, 5.41) is 2.89. The van der Waals surface area contributed by atoms with Crippen LogP contribution in [0, 0.1) is 6.92 Å². The number of para-hydroxylation sites is 1. The molecule has 1 heterocycles. The third kappa shape index (κ3) is 5.27. The summed E-state index contributed by atoms with van der Waals surface area (Å²) in [5.41, 5.74) is 1.79. The maximum absolute atomic E-state index is 12.9. The van der Waals surface area contributed by atoms with E-state index in [2.05, 4.69) is 5.32 Å². The topological polar surface area (TPSA) is 84.9 Å². The maximum Gasteiger partial charge on any atom is 0.335 e. The van der Waals surface area contributed by atoms with Crippen molar-refractivity contribution in [1.82, 2.24) is 5.32 Å². The molecule has 7 nitrogen and oxygen atoms in total. The number of carbonyl (C=O) groups excluding carboxylic acids is 3. The fourth-order valence-corrected chi connectivity index (χ4v) is 3.44. The summed E-state index contributed by atoms with van der Waals surface area (Å²) in [6, 6.07) is 20.0. The Kier molecular flexibility index (Phi) is 6.94. The first-order chi connectivity index (χ1) is 16.4. The van der Waals surface area contributed by atoms with Gasteiger partial charge in [-0.25, -0.2) is 9.69 Å². The van der Waals surface area contributed by atoms with E-state index in [-0.39, 0.29) is 5.57 Å². The summed E-state index contributed by atoms with van der Waals surface area (Å²) in [5.74, 6) is -0.101. The molecule has 0 radical (unpaired) electrons. The van der Waals surface area contributed by atoms with E-state index >= 15 is 0 Å². The average Bonchev–Trinajstić information content (AvgIpc) is 2.83. The number of aryl methyl sites for hydroxylation is 1. The second-order valence-electron chi connectivity index (χ2n) is 7.47. The summed E-state index contributed by atoms with van der Waals surface area (Å²) < 4.78 is 11.3. The number of carbonyl (C=O) groups is 3. The van der Waals surface area contributed by atoms with Crippen molar-refractivity contribution < 1.29 is 23.9 Å². The molecule has 0 spiro atoms. The quantitative estimate of drug-likeness (QED) is 0.301. The highest BCUT2D eigenvalue weighted by Gasteiger charge is 2.36. The molecule has 1 saturated heterocycles. The van der Waals surface area contributed by atoms with Crippen molar-refractivity contribution in [2.45, 2.75) is 6.92 Å². The number of urea groups is 1. The molecule has 172 valence electrons. The zero-order chi connectivity index (χ0) is 24.1. The minimum atomic E-state index is -0.780. The van der Waals surface area contributed by atoms with Gasteiger partial charge in [-0.15, -0.1) is 0 Å². The predicted molar refractivity (Wildman–Crippen MR) is 129 cm³/mol. The lowest BCUT2D eigenvalue weighted by atomic mass is 10.1. The summed E-state index contributed by atoms with van der Waals surface area (Å²) in [4.78, 5) is 38.3. The Morgan fingerprint density at radius 1 is 0.882 bits per heavy atom. The van der Waals surface area contributed by atoms with Crippen LogP contribution < -0.4 is 19.7 Å². The summed E-state index contributed by atoms with van der Waals surface area (Å²) >= 11 is 6.01. The smallest absolute Gasteiger partial charge is 0.335 e. The lowest BCUT2D eigenvalue weighted by molar-refractivity contribution is -0.122. The zero-order valence-corrected chi connectivity index (χ0v) is 19.0. The van der Waals surface area contributed by atoms with Crippen LogP contribution in [0.2, 0.25) is 5.02 Å². The van der Waals surface area contributed by atoms with Crippen LogP contribution in [0.15, 0.2) is 78.4 Å². The zero-order valence-electron chi connectivity index (χ0n) is 18.3. The number of hydrogen-bond donors (Lipinski definition) is 1. The summed E-state index contributed by atoms with van der Waals surface area (Å²) in [6.07, 6.45) is 1.44. The molecule has 3 aromatic carbocycles. The van der Waals surface area contributed by atoms with Crippen molar-refractivity contribution in [3.8, 4) is 11.5 Å². The van der Waals surface area contributed by atoms with Gasteiger partial charge in [0.15, 0.2) is 0 Å². The molecule has 0 aromatic heterocycles. The van der Waals surface area contributed by atoms with E-state index in [0.717, 1.165) is 10.5 Å². The first-order valence-electron chi connectivity index (χ1n) is 10.5. The molecule has 1 aliphatic rings. The van der Waals surface area contributed by atoms with Gasteiger partial charge in [0.25, 0.3) is 11.8 Å². The van der Waals surface area contributed by atoms with Crippen molar-refractivity contribution in [1.29, 1.82) is 0 Å². The first-order valence-corrected chi connectivity index (χ1v) is 10.9. The molecule has 4 amide bonds. The number of ether oxygens (including phenoxy) is 2. The van der Waals surface area contributed by atoms with E-state index in [1.807, 2.05) is 13.0 Å². The van der Waals surface area contributed by atoms with Gasteiger partial charge in [0.05, 0.1) is 5.69 Å². The molecule has 8 heteroatoms. The van der Waals surface area contributed by atoms with Crippen LogP contribution in [-0.2, 0) is 9.59 Å². The van der Waals surface area contributed by atoms with Crippen LogP contribution in [-0.4, -0.2) is 31.1 Å². The van der Waals surface area contributed by atoms with E-state index in [4.69, 9.17) is 21.1 Å². The number of amides is 4. The molecule has 3 aromatic rings. The van der Waals surface area contributed by atoms with Crippen molar-refractivity contribution in [2.75, 3.05) is 18.1 Å². The second-order valence-corrected chi connectivity index (χ2v) is 7.88. The Balaban J connectivity index is 1.38. The number of barbiturate groups is 1. The number of halogens is 1. The molecule has 4 rings (SSSR count). The van der Waals surface area contributed by atoms with Gasteiger partial charge < -0.3 is 9.47 Å². The molecule has 34 heavy (non-hydrogen) atoms. The van der Waals surface area contributed by atoms with Gasteiger partial charge in [-0.05, 0) is 66.6 Å². The van der Waals surface area contributed by atoms with Crippen LogP contribution in [0.4, 0.5) is 10.5 Å². The molecular weight excluding hydrogens is 456 g/mol. The maximum atomic E-state index is 12.9. The Bertz CT molecular complexity index is 1260. The van der Waals surface area contributed by atoms with Crippen molar-refractivity contribution in [3.63, 3.8) is 0 Å². The Hall–Kier alpha value is -4.10. The van der Waals surface area contributed by atoms with Crippen molar-refractivity contribution in [2.24, 2.45) is 0 Å². The number of nitrogens with one attached hydrogen (secondary N) is 1. The Labute approximate surface area is 201 Å². The van der Waals surface area contributed by atoms with Gasteiger partial charge in [-0.1, -0.05) is 41.9 Å². The molecule has 0 atom stereocenters. The molecule has 0 saturated carbocycles. The molecule has 1 fully saturated rings. The van der Waals surface area contributed by atoms with Gasteiger partial charge in [-0.3, -0.25) is 14.9 Å². The Morgan fingerprint density at radius 3 is 2.21 bits per heavy atom. The summed E-state index contributed by atoms with van der Waals surface area (Å²) in [7, 11) is 0. The number of hydrogen-bond acceptors (Lipinski definition) is 5. The third-order valence-corrected chi connectivity index (χ3v) is 5.48. The van der Waals surface area contributed by atoms with Gasteiger partial charge in [-0.2, -0.15) is 0 Å². The number of benzene rings is 3. The highest BCUT2D eigenvalue weighted by atomic mass is 35.5. The van der Waals surface area contributed by atoms with Gasteiger partial charge in [0, 0.05) is 5.02 Å². The highest BCUT2D eigenvalue weighted by molar-refractivity contribution is 6.39. The van der Waals surface area contributed by atoms with Gasteiger partial charge in [0.2, 0.25) is 0 Å².